The third-order valence-electron chi connectivity index (χ3n) is 3.78. The Morgan fingerprint density at radius 1 is 1.13 bits per heavy atom. The highest BCUT2D eigenvalue weighted by Crippen LogP contribution is 2.31. The molecule has 0 N–H and O–H groups in total. The van der Waals surface area contributed by atoms with Crippen LogP contribution in [-0.2, 0) is 14.3 Å². The molecular weight excluding hydrogens is 296 g/mol. The summed E-state index contributed by atoms with van der Waals surface area (Å²) in [6.07, 6.45) is 1.14. The van der Waals surface area contributed by atoms with Gasteiger partial charge in [0.15, 0.2) is 11.7 Å². The highest BCUT2D eigenvalue weighted by molar-refractivity contribution is 6.01. The van der Waals surface area contributed by atoms with Crippen molar-refractivity contribution in [2.24, 2.45) is 11.3 Å². The summed E-state index contributed by atoms with van der Waals surface area (Å²) in [6.45, 7) is 7.58. The SMILES string of the molecule is CCC(CC)(C(=O)OCC(C)C)C(=O)Oc1ccccc1C=O. The molecule has 0 aromatic heterocycles. The lowest BCUT2D eigenvalue weighted by Crippen LogP contribution is -2.43. The molecular formula is C18H24O5. The van der Waals surface area contributed by atoms with Crippen LogP contribution in [0, 0.1) is 11.3 Å². The maximum absolute atomic E-state index is 12.6. The van der Waals surface area contributed by atoms with E-state index in [4.69, 9.17) is 9.47 Å². The first kappa shape index (κ1) is 18.9. The zero-order valence-corrected chi connectivity index (χ0v) is 14.1. The van der Waals surface area contributed by atoms with E-state index in [0.717, 1.165) is 0 Å². The summed E-state index contributed by atoms with van der Waals surface area (Å²) in [5.41, 5.74) is -1.09. The number of hydrogen-bond acceptors (Lipinski definition) is 5. The first-order valence-corrected chi connectivity index (χ1v) is 7.85. The Labute approximate surface area is 137 Å². The van der Waals surface area contributed by atoms with Crippen molar-refractivity contribution in [2.75, 3.05) is 6.61 Å². The van der Waals surface area contributed by atoms with Crippen LogP contribution in [0.25, 0.3) is 0 Å². The molecule has 23 heavy (non-hydrogen) atoms. The van der Waals surface area contributed by atoms with Crippen molar-refractivity contribution >= 4 is 18.2 Å². The lowest BCUT2D eigenvalue weighted by Gasteiger charge is -2.27. The summed E-state index contributed by atoms with van der Waals surface area (Å²) in [7, 11) is 0. The van der Waals surface area contributed by atoms with E-state index in [1.165, 1.54) is 6.07 Å². The van der Waals surface area contributed by atoms with E-state index in [2.05, 4.69) is 0 Å². The van der Waals surface area contributed by atoms with Crippen LogP contribution in [0.3, 0.4) is 0 Å². The van der Waals surface area contributed by atoms with Gasteiger partial charge in [0.1, 0.15) is 5.75 Å². The lowest BCUT2D eigenvalue weighted by atomic mass is 9.82. The summed E-state index contributed by atoms with van der Waals surface area (Å²) in [5, 5.41) is 0. The van der Waals surface area contributed by atoms with E-state index in [0.29, 0.717) is 6.29 Å². The number of para-hydroxylation sites is 1. The molecule has 5 heteroatoms. The molecule has 0 saturated heterocycles. The molecule has 0 spiro atoms. The topological polar surface area (TPSA) is 69.7 Å². The minimum Gasteiger partial charge on any atom is -0.465 e. The van der Waals surface area contributed by atoms with Gasteiger partial charge in [-0.05, 0) is 30.9 Å². The van der Waals surface area contributed by atoms with Crippen LogP contribution >= 0.6 is 0 Å². The fourth-order valence-electron chi connectivity index (χ4n) is 2.16. The van der Waals surface area contributed by atoms with Crippen LogP contribution in [0.15, 0.2) is 24.3 Å². The van der Waals surface area contributed by atoms with E-state index in [1.807, 2.05) is 13.8 Å². The Morgan fingerprint density at radius 2 is 1.74 bits per heavy atom. The van der Waals surface area contributed by atoms with Crippen LogP contribution in [-0.4, -0.2) is 24.8 Å². The quantitative estimate of drug-likeness (QED) is 0.318. The minimum absolute atomic E-state index is 0.149. The molecule has 0 heterocycles. The molecule has 0 fully saturated rings. The molecule has 5 nitrogen and oxygen atoms in total. The van der Waals surface area contributed by atoms with Crippen molar-refractivity contribution in [3.8, 4) is 5.75 Å². The van der Waals surface area contributed by atoms with Crippen LogP contribution in [0.1, 0.15) is 50.9 Å². The van der Waals surface area contributed by atoms with Crippen LogP contribution < -0.4 is 4.74 Å². The molecule has 126 valence electrons. The second kappa shape index (κ2) is 8.46. The number of aldehydes is 1. The number of ether oxygens (including phenoxy) is 2. The summed E-state index contributed by atoms with van der Waals surface area (Å²) in [5.74, 6) is -0.942. The van der Waals surface area contributed by atoms with E-state index < -0.39 is 17.4 Å². The average molecular weight is 320 g/mol. The highest BCUT2D eigenvalue weighted by atomic mass is 16.6. The third kappa shape index (κ3) is 4.41. The van der Waals surface area contributed by atoms with Crippen molar-refractivity contribution in [3.05, 3.63) is 29.8 Å². The summed E-state index contributed by atoms with van der Waals surface area (Å²) >= 11 is 0. The first-order chi connectivity index (χ1) is 10.9. The number of benzene rings is 1. The minimum atomic E-state index is -1.36. The summed E-state index contributed by atoms with van der Waals surface area (Å²) in [6, 6.07) is 6.40. The molecule has 1 aromatic rings. The van der Waals surface area contributed by atoms with Gasteiger partial charge in [0.25, 0.3) is 0 Å². The van der Waals surface area contributed by atoms with E-state index in [1.54, 1.807) is 32.0 Å². The zero-order valence-electron chi connectivity index (χ0n) is 14.1. The van der Waals surface area contributed by atoms with Crippen molar-refractivity contribution in [2.45, 2.75) is 40.5 Å². The van der Waals surface area contributed by atoms with E-state index >= 15 is 0 Å². The predicted octanol–water partition coefficient (Wildman–Crippen LogP) is 3.41. The number of carbonyl (C=O) groups is 3. The average Bonchev–Trinajstić information content (AvgIpc) is 2.55. The summed E-state index contributed by atoms with van der Waals surface area (Å²) < 4.78 is 10.6. The number of carbonyl (C=O) groups excluding carboxylic acids is 3. The van der Waals surface area contributed by atoms with Crippen molar-refractivity contribution < 1.29 is 23.9 Å². The molecule has 0 radical (unpaired) electrons. The Balaban J connectivity index is 3.01. The Kier molecular flexibility index (Phi) is 6.94. The fourth-order valence-corrected chi connectivity index (χ4v) is 2.16. The Morgan fingerprint density at radius 3 is 2.26 bits per heavy atom. The largest absolute Gasteiger partial charge is 0.465 e. The molecule has 0 saturated carbocycles. The standard InChI is InChI=1S/C18H24O5/c1-5-18(6-2,16(20)22-12-13(3)4)17(21)23-15-10-8-7-9-14(15)11-19/h7-11,13H,5-6,12H2,1-4H3. The maximum atomic E-state index is 12.6. The lowest BCUT2D eigenvalue weighted by molar-refractivity contribution is -0.168. The van der Waals surface area contributed by atoms with Gasteiger partial charge in [-0.25, -0.2) is 0 Å². The number of hydrogen-bond donors (Lipinski definition) is 0. The molecule has 0 bridgehead atoms. The maximum Gasteiger partial charge on any atom is 0.328 e. The van der Waals surface area contributed by atoms with Crippen LogP contribution in [0.2, 0.25) is 0 Å². The molecule has 0 aliphatic heterocycles. The normalized spacial score (nSPS) is 11.2. The summed E-state index contributed by atoms with van der Waals surface area (Å²) in [4.78, 5) is 36.1. The molecule has 0 aliphatic rings. The van der Waals surface area contributed by atoms with Gasteiger partial charge < -0.3 is 9.47 Å². The monoisotopic (exact) mass is 320 g/mol. The van der Waals surface area contributed by atoms with Gasteiger partial charge in [-0.15, -0.1) is 0 Å². The molecule has 0 atom stereocenters. The third-order valence-corrected chi connectivity index (χ3v) is 3.78. The van der Waals surface area contributed by atoms with Gasteiger partial charge in [0, 0.05) is 0 Å². The second-order valence-electron chi connectivity index (χ2n) is 5.83. The van der Waals surface area contributed by atoms with Gasteiger partial charge in [0.2, 0.25) is 0 Å². The number of rotatable bonds is 8. The Hall–Kier alpha value is -2.17. The van der Waals surface area contributed by atoms with E-state index in [-0.39, 0.29) is 36.7 Å². The Bertz CT molecular complexity index is 558. The molecule has 0 amide bonds. The van der Waals surface area contributed by atoms with Gasteiger partial charge in [-0.2, -0.15) is 0 Å². The van der Waals surface area contributed by atoms with Crippen molar-refractivity contribution in [1.29, 1.82) is 0 Å². The van der Waals surface area contributed by atoms with Gasteiger partial charge in [-0.1, -0.05) is 39.8 Å². The van der Waals surface area contributed by atoms with Crippen molar-refractivity contribution in [3.63, 3.8) is 0 Å². The van der Waals surface area contributed by atoms with Gasteiger partial charge in [-0.3, -0.25) is 14.4 Å². The predicted molar refractivity (Wildman–Crippen MR) is 86.3 cm³/mol. The molecule has 0 unspecified atom stereocenters. The van der Waals surface area contributed by atoms with Gasteiger partial charge >= 0.3 is 11.9 Å². The molecule has 1 aromatic carbocycles. The zero-order chi connectivity index (χ0) is 17.5. The number of esters is 2. The fraction of sp³-hybridized carbons (Fsp3) is 0.500. The van der Waals surface area contributed by atoms with Crippen LogP contribution in [0.4, 0.5) is 0 Å². The van der Waals surface area contributed by atoms with E-state index in [9.17, 15) is 14.4 Å². The second-order valence-corrected chi connectivity index (χ2v) is 5.83. The molecule has 1 rings (SSSR count). The molecule has 0 aliphatic carbocycles. The van der Waals surface area contributed by atoms with Crippen molar-refractivity contribution in [1.82, 2.24) is 0 Å². The van der Waals surface area contributed by atoms with Gasteiger partial charge in [0.05, 0.1) is 12.2 Å². The smallest absolute Gasteiger partial charge is 0.328 e. The highest BCUT2D eigenvalue weighted by Gasteiger charge is 2.46. The van der Waals surface area contributed by atoms with Crippen LogP contribution in [0.5, 0.6) is 5.75 Å². The first-order valence-electron chi connectivity index (χ1n) is 7.85.